The minimum Gasteiger partial charge on any atom is -0.390 e. The summed E-state index contributed by atoms with van der Waals surface area (Å²) in [5.41, 5.74) is 1.17. The molecule has 1 aliphatic heterocycles. The topological polar surface area (TPSA) is 29.5 Å². The van der Waals surface area contributed by atoms with Gasteiger partial charge in [-0.1, -0.05) is 30.3 Å². The number of aliphatic hydroxyl groups excluding tert-OH is 1. The summed E-state index contributed by atoms with van der Waals surface area (Å²) in [5, 5.41) is 9.99. The molecule has 2 rings (SSSR count). The molecule has 2 unspecified atom stereocenters. The highest BCUT2D eigenvalue weighted by Gasteiger charge is 2.22. The van der Waals surface area contributed by atoms with Crippen LogP contribution in [0.25, 0.3) is 0 Å². The minimum atomic E-state index is -0.375. The van der Waals surface area contributed by atoms with Gasteiger partial charge in [-0.2, -0.15) is 11.8 Å². The van der Waals surface area contributed by atoms with Gasteiger partial charge in [-0.3, -0.25) is 0 Å². The third-order valence-electron chi connectivity index (χ3n) is 2.56. The molecule has 0 spiro atoms. The van der Waals surface area contributed by atoms with Crippen molar-refractivity contribution in [3.8, 4) is 0 Å². The third kappa shape index (κ3) is 3.23. The molecule has 2 atom stereocenters. The smallest absolute Gasteiger partial charge is 0.0927 e. The number of benzene rings is 1. The van der Waals surface area contributed by atoms with Gasteiger partial charge in [0.1, 0.15) is 0 Å². The van der Waals surface area contributed by atoms with Crippen molar-refractivity contribution in [2.45, 2.75) is 18.6 Å². The predicted molar refractivity (Wildman–Crippen MR) is 63.2 cm³/mol. The average molecular weight is 224 g/mol. The number of aliphatic hydroxyl groups is 1. The molecule has 1 heterocycles. The number of ether oxygens (including phenoxy) is 1. The zero-order valence-corrected chi connectivity index (χ0v) is 9.45. The molecule has 1 aliphatic rings. The standard InChI is InChI=1S/C12H16O2S/c13-11(12-9-15-7-6-14-12)8-10-4-2-1-3-5-10/h1-5,11-13H,6-9H2. The molecule has 0 aliphatic carbocycles. The Morgan fingerprint density at radius 1 is 1.40 bits per heavy atom. The van der Waals surface area contributed by atoms with Crippen LogP contribution < -0.4 is 0 Å². The predicted octanol–water partition coefficient (Wildman–Crippen LogP) is 1.72. The molecule has 1 aromatic rings. The van der Waals surface area contributed by atoms with Crippen molar-refractivity contribution in [2.75, 3.05) is 18.1 Å². The van der Waals surface area contributed by atoms with Crippen LogP contribution in [0.1, 0.15) is 5.56 Å². The first-order valence-electron chi connectivity index (χ1n) is 5.27. The van der Waals surface area contributed by atoms with Crippen molar-refractivity contribution in [1.82, 2.24) is 0 Å². The van der Waals surface area contributed by atoms with E-state index in [0.29, 0.717) is 6.42 Å². The van der Waals surface area contributed by atoms with E-state index in [1.54, 1.807) is 0 Å². The molecule has 0 bridgehead atoms. The van der Waals surface area contributed by atoms with Crippen molar-refractivity contribution in [3.05, 3.63) is 35.9 Å². The zero-order chi connectivity index (χ0) is 10.5. The SMILES string of the molecule is OC(Cc1ccccc1)C1CSCCO1. The summed E-state index contributed by atoms with van der Waals surface area (Å²) < 4.78 is 5.54. The van der Waals surface area contributed by atoms with Crippen molar-refractivity contribution < 1.29 is 9.84 Å². The molecule has 3 heteroatoms. The molecule has 1 fully saturated rings. The summed E-state index contributed by atoms with van der Waals surface area (Å²) in [5.74, 6) is 1.96. The lowest BCUT2D eigenvalue weighted by Crippen LogP contribution is -2.36. The Hall–Kier alpha value is -0.510. The van der Waals surface area contributed by atoms with Crippen molar-refractivity contribution >= 4 is 11.8 Å². The van der Waals surface area contributed by atoms with E-state index in [2.05, 4.69) is 0 Å². The monoisotopic (exact) mass is 224 g/mol. The Kier molecular flexibility index (Phi) is 4.06. The van der Waals surface area contributed by atoms with Crippen LogP contribution in [0.15, 0.2) is 30.3 Å². The quantitative estimate of drug-likeness (QED) is 0.847. The van der Waals surface area contributed by atoms with E-state index in [0.717, 1.165) is 18.1 Å². The van der Waals surface area contributed by atoms with Gasteiger partial charge >= 0.3 is 0 Å². The number of thioether (sulfide) groups is 1. The Bertz CT molecular complexity index is 283. The van der Waals surface area contributed by atoms with Crippen LogP contribution in [-0.4, -0.2) is 35.4 Å². The van der Waals surface area contributed by atoms with Crippen LogP contribution in [0.5, 0.6) is 0 Å². The average Bonchev–Trinajstić information content (AvgIpc) is 2.31. The maximum Gasteiger partial charge on any atom is 0.0927 e. The summed E-state index contributed by atoms with van der Waals surface area (Å²) in [6, 6.07) is 10.1. The fraction of sp³-hybridized carbons (Fsp3) is 0.500. The molecule has 1 N–H and O–H groups in total. The van der Waals surface area contributed by atoms with Crippen LogP contribution in [0.3, 0.4) is 0 Å². The second-order valence-corrected chi connectivity index (χ2v) is 4.89. The normalized spacial score (nSPS) is 23.7. The molecule has 0 radical (unpaired) electrons. The van der Waals surface area contributed by atoms with Crippen LogP contribution in [0.2, 0.25) is 0 Å². The lowest BCUT2D eigenvalue weighted by atomic mass is 10.0. The number of hydrogen-bond acceptors (Lipinski definition) is 3. The third-order valence-corrected chi connectivity index (χ3v) is 3.58. The molecular weight excluding hydrogens is 208 g/mol. The van der Waals surface area contributed by atoms with E-state index >= 15 is 0 Å². The van der Waals surface area contributed by atoms with Crippen molar-refractivity contribution in [1.29, 1.82) is 0 Å². The van der Waals surface area contributed by atoms with Crippen LogP contribution in [0.4, 0.5) is 0 Å². The fourth-order valence-corrected chi connectivity index (χ4v) is 2.65. The maximum absolute atomic E-state index is 9.99. The van der Waals surface area contributed by atoms with E-state index in [4.69, 9.17) is 4.74 Å². The molecule has 0 amide bonds. The summed E-state index contributed by atoms with van der Waals surface area (Å²) in [4.78, 5) is 0. The van der Waals surface area contributed by atoms with Gasteiger partial charge in [-0.05, 0) is 5.56 Å². The molecule has 0 saturated carbocycles. The maximum atomic E-state index is 9.99. The zero-order valence-electron chi connectivity index (χ0n) is 8.63. The summed E-state index contributed by atoms with van der Waals surface area (Å²) in [6.45, 7) is 0.765. The minimum absolute atomic E-state index is 0.00366. The Morgan fingerprint density at radius 2 is 2.20 bits per heavy atom. The van der Waals surface area contributed by atoms with Gasteiger partial charge in [0.2, 0.25) is 0 Å². The van der Waals surface area contributed by atoms with Crippen LogP contribution in [-0.2, 0) is 11.2 Å². The lowest BCUT2D eigenvalue weighted by Gasteiger charge is -2.26. The molecular formula is C12H16O2S. The van der Waals surface area contributed by atoms with Crippen molar-refractivity contribution in [3.63, 3.8) is 0 Å². The van der Waals surface area contributed by atoms with Gasteiger partial charge in [0.25, 0.3) is 0 Å². The first-order valence-corrected chi connectivity index (χ1v) is 6.43. The van der Waals surface area contributed by atoms with Gasteiger partial charge in [0, 0.05) is 17.9 Å². The molecule has 2 nitrogen and oxygen atoms in total. The molecule has 1 aromatic carbocycles. The fourth-order valence-electron chi connectivity index (χ4n) is 1.72. The highest BCUT2D eigenvalue weighted by molar-refractivity contribution is 7.99. The first kappa shape index (κ1) is 11.0. The Labute approximate surface area is 94.6 Å². The van der Waals surface area contributed by atoms with E-state index in [-0.39, 0.29) is 12.2 Å². The molecule has 0 aromatic heterocycles. The van der Waals surface area contributed by atoms with Gasteiger partial charge in [0.15, 0.2) is 0 Å². The van der Waals surface area contributed by atoms with Gasteiger partial charge < -0.3 is 9.84 Å². The molecule has 1 saturated heterocycles. The molecule has 82 valence electrons. The highest BCUT2D eigenvalue weighted by atomic mass is 32.2. The van der Waals surface area contributed by atoms with Gasteiger partial charge in [-0.25, -0.2) is 0 Å². The number of rotatable bonds is 3. The summed E-state index contributed by atoms with van der Waals surface area (Å²) in [6.07, 6.45) is 0.315. The summed E-state index contributed by atoms with van der Waals surface area (Å²) in [7, 11) is 0. The van der Waals surface area contributed by atoms with E-state index in [9.17, 15) is 5.11 Å². The van der Waals surface area contributed by atoms with Crippen LogP contribution in [0, 0.1) is 0 Å². The van der Waals surface area contributed by atoms with Crippen LogP contribution >= 0.6 is 11.8 Å². The highest BCUT2D eigenvalue weighted by Crippen LogP contribution is 2.17. The lowest BCUT2D eigenvalue weighted by molar-refractivity contribution is -0.0207. The van der Waals surface area contributed by atoms with E-state index < -0.39 is 0 Å². The molecule has 15 heavy (non-hydrogen) atoms. The van der Waals surface area contributed by atoms with Gasteiger partial charge in [-0.15, -0.1) is 0 Å². The van der Waals surface area contributed by atoms with Gasteiger partial charge in [0.05, 0.1) is 18.8 Å². The largest absolute Gasteiger partial charge is 0.390 e. The Morgan fingerprint density at radius 3 is 2.87 bits per heavy atom. The Balaban J connectivity index is 1.88. The van der Waals surface area contributed by atoms with E-state index in [1.807, 2.05) is 42.1 Å². The first-order chi connectivity index (χ1) is 7.36. The second kappa shape index (κ2) is 5.54. The van der Waals surface area contributed by atoms with Crippen molar-refractivity contribution in [2.24, 2.45) is 0 Å². The summed E-state index contributed by atoms with van der Waals surface area (Å²) >= 11 is 1.86. The van der Waals surface area contributed by atoms with E-state index in [1.165, 1.54) is 5.56 Å². The second-order valence-electron chi connectivity index (χ2n) is 3.74. The number of hydrogen-bond donors (Lipinski definition) is 1.